The minimum atomic E-state index is -0.0652. The maximum Gasteiger partial charge on any atom is 0.252 e. The molecule has 0 aliphatic carbocycles. The van der Waals surface area contributed by atoms with Crippen molar-refractivity contribution in [1.29, 1.82) is 0 Å². The number of hydrogen-bond donors (Lipinski definition) is 1. The highest BCUT2D eigenvalue weighted by atomic mass is 79.9. The lowest BCUT2D eigenvalue weighted by Crippen LogP contribution is -2.31. The van der Waals surface area contributed by atoms with E-state index in [9.17, 15) is 4.79 Å². The van der Waals surface area contributed by atoms with Gasteiger partial charge < -0.3 is 5.32 Å². The summed E-state index contributed by atoms with van der Waals surface area (Å²) in [6.07, 6.45) is 4.35. The van der Waals surface area contributed by atoms with E-state index in [2.05, 4.69) is 47.0 Å². The number of hydrogen-bond acceptors (Lipinski definition) is 2. The second-order valence-corrected chi connectivity index (χ2v) is 7.12. The summed E-state index contributed by atoms with van der Waals surface area (Å²) in [6, 6.07) is 1.84. The van der Waals surface area contributed by atoms with Gasteiger partial charge in [-0.2, -0.15) is 0 Å². The van der Waals surface area contributed by atoms with E-state index in [4.69, 9.17) is 0 Å². The molecule has 3 nitrogen and oxygen atoms in total. The highest BCUT2D eigenvalue weighted by molar-refractivity contribution is 9.09. The molecule has 1 heterocycles. The molecule has 0 aliphatic rings. The summed E-state index contributed by atoms with van der Waals surface area (Å²) in [7, 11) is 0. The van der Waals surface area contributed by atoms with Crippen molar-refractivity contribution in [2.24, 2.45) is 5.41 Å². The molecule has 1 aromatic heterocycles. The van der Waals surface area contributed by atoms with Crippen LogP contribution in [0, 0.1) is 12.3 Å². The minimum absolute atomic E-state index is 0.0652. The van der Waals surface area contributed by atoms with Crippen molar-refractivity contribution in [3.8, 4) is 0 Å². The fourth-order valence-corrected chi connectivity index (χ4v) is 2.85. The Labute approximate surface area is 118 Å². The maximum atomic E-state index is 11.9. The van der Waals surface area contributed by atoms with Crippen molar-refractivity contribution in [1.82, 2.24) is 10.3 Å². The van der Waals surface area contributed by atoms with Crippen LogP contribution in [0.4, 0.5) is 0 Å². The normalized spacial score (nSPS) is 13.2. The molecular formula is C14H21BrN2O. The molecule has 4 heteroatoms. The fraction of sp³-hybridized carbons (Fsp3) is 0.571. The van der Waals surface area contributed by atoms with Crippen molar-refractivity contribution in [2.45, 2.75) is 38.9 Å². The van der Waals surface area contributed by atoms with Crippen molar-refractivity contribution in [3.63, 3.8) is 0 Å². The number of amides is 1. The summed E-state index contributed by atoms with van der Waals surface area (Å²) in [4.78, 5) is 16.2. The summed E-state index contributed by atoms with van der Waals surface area (Å²) in [5, 5.41) is 2.92. The molecule has 18 heavy (non-hydrogen) atoms. The molecule has 0 fully saturated rings. The Morgan fingerprint density at radius 1 is 1.44 bits per heavy atom. The molecule has 0 aromatic carbocycles. The van der Waals surface area contributed by atoms with Gasteiger partial charge in [-0.15, -0.1) is 0 Å². The average molecular weight is 313 g/mol. The first-order chi connectivity index (χ1) is 8.28. The predicted octanol–water partition coefficient (Wildman–Crippen LogP) is 3.32. The van der Waals surface area contributed by atoms with Crippen LogP contribution in [0.15, 0.2) is 18.5 Å². The van der Waals surface area contributed by atoms with Crippen molar-refractivity contribution in [2.75, 3.05) is 6.54 Å². The lowest BCUT2D eigenvalue weighted by Gasteiger charge is -2.22. The number of halogens is 1. The zero-order valence-corrected chi connectivity index (χ0v) is 13.0. The van der Waals surface area contributed by atoms with Crippen LogP contribution >= 0.6 is 15.9 Å². The van der Waals surface area contributed by atoms with Crippen molar-refractivity contribution < 1.29 is 4.79 Å². The first kappa shape index (κ1) is 15.2. The fourth-order valence-electron chi connectivity index (χ4n) is 1.72. The minimum Gasteiger partial charge on any atom is -0.351 e. The van der Waals surface area contributed by atoms with Gasteiger partial charge in [-0.05, 0) is 30.4 Å². The molecule has 1 N–H and O–H groups in total. The van der Waals surface area contributed by atoms with Crippen LogP contribution in [-0.2, 0) is 0 Å². The van der Waals surface area contributed by atoms with Crippen LogP contribution in [0.2, 0.25) is 0 Å². The second kappa shape index (κ2) is 6.32. The van der Waals surface area contributed by atoms with Gasteiger partial charge in [0.1, 0.15) is 0 Å². The lowest BCUT2D eigenvalue weighted by molar-refractivity contribution is 0.0952. The Morgan fingerprint density at radius 3 is 2.67 bits per heavy atom. The molecule has 1 unspecified atom stereocenters. The largest absolute Gasteiger partial charge is 0.351 e. The van der Waals surface area contributed by atoms with Gasteiger partial charge in [-0.3, -0.25) is 9.78 Å². The number of nitrogens with one attached hydrogen (secondary N) is 1. The topological polar surface area (TPSA) is 42.0 Å². The molecule has 1 rings (SSSR count). The van der Waals surface area contributed by atoms with E-state index in [1.165, 1.54) is 0 Å². The highest BCUT2D eigenvalue weighted by Crippen LogP contribution is 2.24. The van der Waals surface area contributed by atoms with Crippen LogP contribution in [0.1, 0.15) is 43.1 Å². The molecule has 0 saturated carbocycles. The van der Waals surface area contributed by atoms with Crippen molar-refractivity contribution >= 4 is 21.8 Å². The van der Waals surface area contributed by atoms with Crippen LogP contribution in [-0.4, -0.2) is 22.3 Å². The Morgan fingerprint density at radius 2 is 2.11 bits per heavy atom. The quantitative estimate of drug-likeness (QED) is 0.867. The predicted molar refractivity (Wildman–Crippen MR) is 78.1 cm³/mol. The van der Waals surface area contributed by atoms with E-state index in [-0.39, 0.29) is 11.3 Å². The van der Waals surface area contributed by atoms with E-state index in [0.29, 0.717) is 16.9 Å². The molecule has 1 atom stereocenters. The summed E-state index contributed by atoms with van der Waals surface area (Å²) < 4.78 is 0. The first-order valence-electron chi connectivity index (χ1n) is 6.12. The number of rotatable bonds is 4. The van der Waals surface area contributed by atoms with Crippen LogP contribution in [0.5, 0.6) is 0 Å². The molecule has 0 spiro atoms. The van der Waals surface area contributed by atoms with Gasteiger partial charge in [-0.1, -0.05) is 36.7 Å². The number of pyridine rings is 1. The van der Waals surface area contributed by atoms with Crippen LogP contribution < -0.4 is 5.32 Å². The molecule has 0 aliphatic heterocycles. The second-order valence-electron chi connectivity index (χ2n) is 5.82. The van der Waals surface area contributed by atoms with E-state index in [1.54, 1.807) is 12.4 Å². The molecule has 1 aromatic rings. The number of alkyl halides is 1. The third-order valence-electron chi connectivity index (χ3n) is 2.46. The Kier molecular flexibility index (Phi) is 5.32. The van der Waals surface area contributed by atoms with Crippen LogP contribution in [0.3, 0.4) is 0 Å². The van der Waals surface area contributed by atoms with E-state index < -0.39 is 0 Å². The smallest absolute Gasteiger partial charge is 0.252 e. The Balaban J connectivity index is 2.47. The van der Waals surface area contributed by atoms with E-state index in [1.807, 2.05) is 13.0 Å². The monoisotopic (exact) mass is 312 g/mol. The SMILES string of the molecule is Cc1cncc(C(=O)NCC(Br)CC(C)(C)C)c1. The zero-order valence-electron chi connectivity index (χ0n) is 11.5. The molecular weight excluding hydrogens is 292 g/mol. The summed E-state index contributed by atoms with van der Waals surface area (Å²) in [6.45, 7) is 9.12. The average Bonchev–Trinajstić information content (AvgIpc) is 2.23. The van der Waals surface area contributed by atoms with Crippen molar-refractivity contribution in [3.05, 3.63) is 29.6 Å². The number of aromatic nitrogens is 1. The third-order valence-corrected chi connectivity index (χ3v) is 3.10. The van der Waals surface area contributed by atoms with Gasteiger partial charge >= 0.3 is 0 Å². The first-order valence-corrected chi connectivity index (χ1v) is 7.03. The van der Waals surface area contributed by atoms with Crippen LogP contribution in [0.25, 0.3) is 0 Å². The summed E-state index contributed by atoms with van der Waals surface area (Å²) in [5.41, 5.74) is 1.86. The van der Waals surface area contributed by atoms with Gasteiger partial charge in [0.25, 0.3) is 5.91 Å². The molecule has 0 saturated heterocycles. The molecule has 1 amide bonds. The van der Waals surface area contributed by atoms with Gasteiger partial charge in [0, 0.05) is 23.8 Å². The maximum absolute atomic E-state index is 11.9. The number of aryl methyl sites for hydroxylation is 1. The molecule has 0 radical (unpaired) electrons. The summed E-state index contributed by atoms with van der Waals surface area (Å²) in [5.74, 6) is -0.0652. The van der Waals surface area contributed by atoms with Gasteiger partial charge in [-0.25, -0.2) is 0 Å². The van der Waals surface area contributed by atoms with Gasteiger partial charge in [0.05, 0.1) is 5.56 Å². The molecule has 100 valence electrons. The zero-order chi connectivity index (χ0) is 13.8. The number of carbonyl (C=O) groups excluding carboxylic acids is 1. The van der Waals surface area contributed by atoms with E-state index >= 15 is 0 Å². The lowest BCUT2D eigenvalue weighted by atomic mass is 9.90. The number of nitrogens with zero attached hydrogens (tertiary/aromatic N) is 1. The van der Waals surface area contributed by atoms with E-state index in [0.717, 1.165) is 12.0 Å². The number of carbonyl (C=O) groups is 1. The highest BCUT2D eigenvalue weighted by Gasteiger charge is 2.17. The third kappa shape index (κ3) is 5.63. The molecule has 0 bridgehead atoms. The van der Waals surface area contributed by atoms with Gasteiger partial charge in [0.2, 0.25) is 0 Å². The standard InChI is InChI=1S/C14H21BrN2O/c1-10-5-11(8-16-7-10)13(18)17-9-12(15)6-14(2,3)4/h5,7-8,12H,6,9H2,1-4H3,(H,17,18). The Hall–Kier alpha value is -0.900. The summed E-state index contributed by atoms with van der Waals surface area (Å²) >= 11 is 3.60. The Bertz CT molecular complexity index is 413. The van der Waals surface area contributed by atoms with Gasteiger partial charge in [0.15, 0.2) is 0 Å².